The fourth-order valence-corrected chi connectivity index (χ4v) is 6.19. The van der Waals surface area contributed by atoms with Crippen LogP contribution in [0.1, 0.15) is 11.3 Å². The topological polar surface area (TPSA) is 101 Å². The van der Waals surface area contributed by atoms with Gasteiger partial charge in [-0.25, -0.2) is 13.8 Å². The molecule has 0 saturated carbocycles. The number of halogens is 3. The third-order valence-electron chi connectivity index (χ3n) is 5.52. The van der Waals surface area contributed by atoms with Gasteiger partial charge in [0.1, 0.15) is 23.8 Å². The normalized spacial score (nSPS) is 11.5. The van der Waals surface area contributed by atoms with Crippen molar-refractivity contribution in [2.75, 3.05) is 18.0 Å². The van der Waals surface area contributed by atoms with Gasteiger partial charge in [0, 0.05) is 10.6 Å². The summed E-state index contributed by atoms with van der Waals surface area (Å²) in [4.78, 5) is 12.8. The molecule has 0 spiro atoms. The van der Waals surface area contributed by atoms with E-state index in [0.29, 0.717) is 43.0 Å². The lowest BCUT2D eigenvalue weighted by atomic mass is 10.2. The Labute approximate surface area is 244 Å². The van der Waals surface area contributed by atoms with E-state index in [0.717, 1.165) is 9.87 Å². The summed E-state index contributed by atoms with van der Waals surface area (Å²) < 4.78 is 39.6. The second-order valence-corrected chi connectivity index (χ2v) is 11.8. The van der Waals surface area contributed by atoms with Crippen molar-refractivity contribution in [3.63, 3.8) is 0 Å². The van der Waals surface area contributed by atoms with Crippen molar-refractivity contribution < 1.29 is 22.4 Å². The first kappa shape index (κ1) is 28.7. The number of methoxy groups -OCH3 is 1. The lowest BCUT2D eigenvalue weighted by molar-refractivity contribution is -0.119. The molecule has 202 valence electrons. The zero-order valence-electron chi connectivity index (χ0n) is 20.7. The molecular weight excluding hydrogens is 629 g/mol. The Kier molecular flexibility index (Phi) is 9.01. The van der Waals surface area contributed by atoms with Gasteiger partial charge in [0.05, 0.1) is 33.4 Å². The first-order valence-electron chi connectivity index (χ1n) is 11.4. The summed E-state index contributed by atoms with van der Waals surface area (Å²) in [6.07, 6.45) is 1.30. The molecule has 0 aliphatic carbocycles. The molecule has 1 heterocycles. The average molecular weight is 651 g/mol. The van der Waals surface area contributed by atoms with E-state index in [9.17, 15) is 13.2 Å². The first-order valence-corrected chi connectivity index (χ1v) is 14.4. The number of aryl methyl sites for hydroxylation is 1. The van der Waals surface area contributed by atoms with Crippen LogP contribution in [0.3, 0.4) is 0 Å². The number of ether oxygens (including phenoxy) is 1. The summed E-state index contributed by atoms with van der Waals surface area (Å²) in [5.74, 6) is 0.659. The molecule has 1 amide bonds. The lowest BCUT2D eigenvalue weighted by Gasteiger charge is -2.24. The van der Waals surface area contributed by atoms with Crippen LogP contribution in [-0.2, 0) is 14.8 Å². The maximum atomic E-state index is 13.6. The number of rotatable bonds is 9. The molecule has 0 aliphatic heterocycles. The molecule has 4 rings (SSSR count). The fourth-order valence-electron chi connectivity index (χ4n) is 3.55. The standard InChI is InChI=1S/C27H22BrCl2N3O5S/c1-17-3-6-19(7-4-17)33(39(35,36)21-9-12-26(37-2)23(28)14-21)16-27(34)32-31-15-20-8-11-25(38-20)22-10-5-18(29)13-24(22)30/h3-15H,16H2,1-2H3,(H,32,34)/b31-15-. The molecule has 8 nitrogen and oxygen atoms in total. The molecule has 3 aromatic carbocycles. The molecule has 4 aromatic rings. The van der Waals surface area contributed by atoms with Crippen molar-refractivity contribution >= 4 is 67.0 Å². The van der Waals surface area contributed by atoms with Crippen LogP contribution in [0.4, 0.5) is 5.69 Å². The highest BCUT2D eigenvalue weighted by Crippen LogP contribution is 2.32. The van der Waals surface area contributed by atoms with Crippen molar-refractivity contribution in [3.05, 3.63) is 98.6 Å². The van der Waals surface area contributed by atoms with Gasteiger partial charge in [0.2, 0.25) is 0 Å². The number of hydrazone groups is 1. The largest absolute Gasteiger partial charge is 0.496 e. The number of carbonyl (C=O) groups excluding carboxylic acids is 1. The van der Waals surface area contributed by atoms with Crippen LogP contribution in [0, 0.1) is 6.92 Å². The van der Waals surface area contributed by atoms with E-state index in [1.165, 1.54) is 31.5 Å². The summed E-state index contributed by atoms with van der Waals surface area (Å²) >= 11 is 15.5. The lowest BCUT2D eigenvalue weighted by Crippen LogP contribution is -2.39. The van der Waals surface area contributed by atoms with E-state index in [4.69, 9.17) is 32.4 Å². The van der Waals surface area contributed by atoms with Crippen LogP contribution in [0.2, 0.25) is 10.0 Å². The second-order valence-electron chi connectivity index (χ2n) is 8.26. The van der Waals surface area contributed by atoms with E-state index in [-0.39, 0.29) is 4.90 Å². The Morgan fingerprint density at radius 3 is 2.49 bits per heavy atom. The number of carbonyl (C=O) groups is 1. The summed E-state index contributed by atoms with van der Waals surface area (Å²) in [7, 11) is -2.65. The minimum Gasteiger partial charge on any atom is -0.496 e. The maximum Gasteiger partial charge on any atom is 0.264 e. The summed E-state index contributed by atoms with van der Waals surface area (Å²) in [6.45, 7) is 1.36. The van der Waals surface area contributed by atoms with E-state index in [1.54, 1.807) is 54.6 Å². The molecule has 0 saturated heterocycles. The molecule has 1 aromatic heterocycles. The van der Waals surface area contributed by atoms with Gasteiger partial charge in [-0.2, -0.15) is 5.10 Å². The van der Waals surface area contributed by atoms with Crippen LogP contribution >= 0.6 is 39.1 Å². The third kappa shape index (κ3) is 6.83. The Bertz CT molecular complexity index is 1640. The fraction of sp³-hybridized carbons (Fsp3) is 0.111. The van der Waals surface area contributed by atoms with Crippen LogP contribution in [0.5, 0.6) is 5.75 Å². The monoisotopic (exact) mass is 649 g/mol. The van der Waals surface area contributed by atoms with Crippen LogP contribution in [0.25, 0.3) is 11.3 Å². The van der Waals surface area contributed by atoms with E-state index >= 15 is 0 Å². The highest BCUT2D eigenvalue weighted by Gasteiger charge is 2.28. The van der Waals surface area contributed by atoms with Crippen molar-refractivity contribution in [1.82, 2.24) is 5.43 Å². The summed E-state index contributed by atoms with van der Waals surface area (Å²) in [5, 5.41) is 4.85. The number of nitrogens with one attached hydrogen (secondary N) is 1. The maximum absolute atomic E-state index is 13.6. The quantitative estimate of drug-likeness (QED) is 0.161. The number of anilines is 1. The minimum absolute atomic E-state index is 0.0176. The molecule has 0 atom stereocenters. The molecule has 1 N–H and O–H groups in total. The molecule has 0 radical (unpaired) electrons. The van der Waals surface area contributed by atoms with E-state index in [2.05, 4.69) is 26.5 Å². The molecular formula is C27H22BrCl2N3O5S. The predicted octanol–water partition coefficient (Wildman–Crippen LogP) is 6.68. The van der Waals surface area contributed by atoms with Crippen molar-refractivity contribution in [2.45, 2.75) is 11.8 Å². The number of amides is 1. The van der Waals surface area contributed by atoms with Crippen molar-refractivity contribution in [2.24, 2.45) is 5.10 Å². The first-order chi connectivity index (χ1) is 18.6. The zero-order valence-corrected chi connectivity index (χ0v) is 24.6. The van der Waals surface area contributed by atoms with Gasteiger partial charge in [-0.05, 0) is 83.5 Å². The Morgan fingerprint density at radius 2 is 1.82 bits per heavy atom. The number of hydrogen-bond donors (Lipinski definition) is 1. The summed E-state index contributed by atoms with van der Waals surface area (Å²) in [5.41, 5.74) is 4.26. The molecule has 0 fully saturated rings. The third-order valence-corrected chi connectivity index (χ3v) is 8.46. The van der Waals surface area contributed by atoms with Crippen molar-refractivity contribution in [3.8, 4) is 17.1 Å². The predicted molar refractivity (Wildman–Crippen MR) is 156 cm³/mol. The smallest absolute Gasteiger partial charge is 0.264 e. The van der Waals surface area contributed by atoms with Gasteiger partial charge in [0.25, 0.3) is 15.9 Å². The number of nitrogens with zero attached hydrogens (tertiary/aromatic N) is 2. The van der Waals surface area contributed by atoms with Crippen molar-refractivity contribution in [1.29, 1.82) is 0 Å². The van der Waals surface area contributed by atoms with Gasteiger partial charge < -0.3 is 9.15 Å². The van der Waals surface area contributed by atoms with Gasteiger partial charge >= 0.3 is 0 Å². The van der Waals surface area contributed by atoms with Gasteiger partial charge in [-0.3, -0.25) is 9.10 Å². The Morgan fingerprint density at radius 1 is 1.08 bits per heavy atom. The molecule has 0 unspecified atom stereocenters. The molecule has 39 heavy (non-hydrogen) atoms. The minimum atomic E-state index is -4.13. The molecule has 0 bridgehead atoms. The van der Waals surface area contributed by atoms with Gasteiger partial charge in [-0.1, -0.05) is 40.9 Å². The highest BCUT2D eigenvalue weighted by molar-refractivity contribution is 9.10. The molecule has 12 heteroatoms. The Balaban J connectivity index is 1.52. The molecule has 0 aliphatic rings. The number of furan rings is 1. The van der Waals surface area contributed by atoms with Gasteiger partial charge in [0.15, 0.2) is 0 Å². The highest BCUT2D eigenvalue weighted by atomic mass is 79.9. The van der Waals surface area contributed by atoms with Crippen LogP contribution < -0.4 is 14.5 Å². The van der Waals surface area contributed by atoms with E-state index in [1.807, 2.05) is 6.92 Å². The van der Waals surface area contributed by atoms with Crippen LogP contribution in [-0.4, -0.2) is 34.2 Å². The summed E-state index contributed by atoms with van der Waals surface area (Å²) in [6, 6.07) is 19.5. The number of sulfonamides is 1. The van der Waals surface area contributed by atoms with E-state index < -0.39 is 22.5 Å². The average Bonchev–Trinajstić information content (AvgIpc) is 3.36. The SMILES string of the molecule is COc1ccc(S(=O)(=O)N(CC(=O)N/N=C\c2ccc(-c3ccc(Cl)cc3Cl)o2)c2ccc(C)cc2)cc1Br. The second kappa shape index (κ2) is 12.3. The Hall–Kier alpha value is -3.31. The number of hydrogen-bond acceptors (Lipinski definition) is 6. The van der Waals surface area contributed by atoms with Crippen LogP contribution in [0.15, 0.2) is 91.7 Å². The van der Waals surface area contributed by atoms with Gasteiger partial charge in [-0.15, -0.1) is 0 Å². The number of benzene rings is 3. The zero-order chi connectivity index (χ0) is 28.2.